The van der Waals surface area contributed by atoms with Crippen molar-refractivity contribution < 1.29 is 4.74 Å². The van der Waals surface area contributed by atoms with Crippen molar-refractivity contribution in [1.29, 1.82) is 0 Å². The van der Waals surface area contributed by atoms with Gasteiger partial charge in [0.2, 0.25) is 0 Å². The Balaban J connectivity index is 2.17. The van der Waals surface area contributed by atoms with Crippen LogP contribution in [0.4, 0.5) is 0 Å². The second kappa shape index (κ2) is 10.3. The van der Waals surface area contributed by atoms with Gasteiger partial charge in [-0.15, -0.1) is 0 Å². The van der Waals surface area contributed by atoms with E-state index in [2.05, 4.69) is 33.8 Å². The Hall–Kier alpha value is -0.460. The van der Waals surface area contributed by atoms with Crippen LogP contribution in [0.25, 0.3) is 0 Å². The normalized spacial score (nSPS) is 23.4. The third-order valence-electron chi connectivity index (χ3n) is 3.75. The first-order valence-corrected chi connectivity index (χ1v) is 8.65. The van der Waals surface area contributed by atoms with Gasteiger partial charge in [-0.1, -0.05) is 0 Å². The quantitative estimate of drug-likeness (QED) is 0.518. The molecule has 2 N–H and O–H groups in total. The number of hydrogen-bond acceptors (Lipinski definition) is 4. The molecule has 0 saturated heterocycles. The van der Waals surface area contributed by atoms with Crippen molar-refractivity contribution in [2.45, 2.75) is 30.6 Å². The summed E-state index contributed by atoms with van der Waals surface area (Å²) >= 11 is 1.98. The lowest BCUT2D eigenvalue weighted by atomic mass is 10.2. The molecule has 1 aliphatic carbocycles. The standard InChI is InChI=1S/C14H30N4OS/c1-15-14(16-7-8-18(2)9-10-19-3)17-12-5-6-13(11-12)20-4/h12-13H,5-11H2,1-4H3,(H2,15,16,17). The minimum absolute atomic E-state index is 0.574. The Kier molecular flexibility index (Phi) is 9.05. The number of guanidine groups is 1. The van der Waals surface area contributed by atoms with Crippen LogP contribution in [-0.4, -0.2) is 75.9 Å². The summed E-state index contributed by atoms with van der Waals surface area (Å²) in [6.07, 6.45) is 6.01. The first-order valence-electron chi connectivity index (χ1n) is 7.37. The molecular formula is C14H30N4OS. The number of nitrogens with one attached hydrogen (secondary N) is 2. The highest BCUT2D eigenvalue weighted by atomic mass is 32.2. The predicted molar refractivity (Wildman–Crippen MR) is 88.8 cm³/mol. The monoisotopic (exact) mass is 302 g/mol. The molecule has 1 saturated carbocycles. The number of thioether (sulfide) groups is 1. The van der Waals surface area contributed by atoms with Crippen LogP contribution in [0, 0.1) is 0 Å². The van der Waals surface area contributed by atoms with Crippen LogP contribution in [0.15, 0.2) is 4.99 Å². The van der Waals surface area contributed by atoms with Crippen LogP contribution in [-0.2, 0) is 4.74 Å². The first-order chi connectivity index (χ1) is 9.69. The van der Waals surface area contributed by atoms with Gasteiger partial charge in [0, 0.05) is 45.1 Å². The number of hydrogen-bond donors (Lipinski definition) is 2. The Morgan fingerprint density at radius 3 is 2.80 bits per heavy atom. The molecule has 118 valence electrons. The summed E-state index contributed by atoms with van der Waals surface area (Å²) in [5, 5.41) is 7.73. The van der Waals surface area contributed by atoms with Gasteiger partial charge in [-0.05, 0) is 32.6 Å². The van der Waals surface area contributed by atoms with Crippen LogP contribution >= 0.6 is 11.8 Å². The summed E-state index contributed by atoms with van der Waals surface area (Å²) in [6, 6.07) is 0.574. The van der Waals surface area contributed by atoms with Crippen LogP contribution in [0.3, 0.4) is 0 Å². The van der Waals surface area contributed by atoms with Gasteiger partial charge in [-0.25, -0.2) is 0 Å². The van der Waals surface area contributed by atoms with E-state index in [1.54, 1.807) is 7.11 Å². The van der Waals surface area contributed by atoms with Crippen molar-refractivity contribution in [1.82, 2.24) is 15.5 Å². The number of nitrogens with zero attached hydrogens (tertiary/aromatic N) is 2. The van der Waals surface area contributed by atoms with E-state index in [1.165, 1.54) is 19.3 Å². The number of ether oxygens (including phenoxy) is 1. The van der Waals surface area contributed by atoms with Crippen LogP contribution in [0.1, 0.15) is 19.3 Å². The molecule has 0 amide bonds. The molecule has 0 bridgehead atoms. The van der Waals surface area contributed by atoms with Crippen molar-refractivity contribution in [2.24, 2.45) is 4.99 Å². The fraction of sp³-hybridized carbons (Fsp3) is 0.929. The summed E-state index contributed by atoms with van der Waals surface area (Å²) in [7, 11) is 5.68. The summed E-state index contributed by atoms with van der Waals surface area (Å²) in [5.74, 6) is 0.928. The molecule has 1 rings (SSSR count). The molecule has 0 aliphatic heterocycles. The SMILES string of the molecule is CN=C(NCCN(C)CCOC)NC1CCC(SC)C1. The maximum atomic E-state index is 5.07. The van der Waals surface area contributed by atoms with E-state index < -0.39 is 0 Å². The minimum Gasteiger partial charge on any atom is -0.383 e. The molecule has 2 unspecified atom stereocenters. The Labute approximate surface area is 127 Å². The van der Waals surface area contributed by atoms with Gasteiger partial charge in [0.05, 0.1) is 6.61 Å². The highest BCUT2D eigenvalue weighted by molar-refractivity contribution is 7.99. The topological polar surface area (TPSA) is 48.9 Å². The summed E-state index contributed by atoms with van der Waals surface area (Å²) in [5.41, 5.74) is 0. The minimum atomic E-state index is 0.574. The maximum absolute atomic E-state index is 5.07. The van der Waals surface area contributed by atoms with Gasteiger partial charge >= 0.3 is 0 Å². The number of likely N-dealkylation sites (N-methyl/N-ethyl adjacent to an activating group) is 1. The first kappa shape index (κ1) is 17.6. The number of aliphatic imine (C=N–C) groups is 1. The molecule has 6 heteroatoms. The summed E-state index contributed by atoms with van der Waals surface area (Å²) < 4.78 is 5.07. The van der Waals surface area contributed by atoms with Gasteiger partial charge in [-0.2, -0.15) is 11.8 Å². The molecular weight excluding hydrogens is 272 g/mol. The Morgan fingerprint density at radius 1 is 1.40 bits per heavy atom. The second-order valence-electron chi connectivity index (χ2n) is 5.31. The van der Waals surface area contributed by atoms with E-state index in [0.717, 1.165) is 37.5 Å². The molecule has 2 atom stereocenters. The second-order valence-corrected chi connectivity index (χ2v) is 6.45. The van der Waals surface area contributed by atoms with Gasteiger partial charge in [0.25, 0.3) is 0 Å². The smallest absolute Gasteiger partial charge is 0.191 e. The molecule has 0 aromatic rings. The van der Waals surface area contributed by atoms with Crippen LogP contribution in [0.5, 0.6) is 0 Å². The molecule has 0 aromatic heterocycles. The Morgan fingerprint density at radius 2 is 2.20 bits per heavy atom. The molecule has 1 fully saturated rings. The van der Waals surface area contributed by atoms with Crippen molar-refractivity contribution in [2.75, 3.05) is 53.7 Å². The van der Waals surface area contributed by atoms with Crippen molar-refractivity contribution in [3.8, 4) is 0 Å². The van der Waals surface area contributed by atoms with E-state index in [-0.39, 0.29) is 0 Å². The van der Waals surface area contributed by atoms with Gasteiger partial charge < -0.3 is 20.3 Å². The zero-order valence-corrected chi connectivity index (χ0v) is 14.1. The van der Waals surface area contributed by atoms with E-state index in [4.69, 9.17) is 4.74 Å². The van der Waals surface area contributed by atoms with Crippen LogP contribution < -0.4 is 10.6 Å². The summed E-state index contributed by atoms with van der Waals surface area (Å²) in [4.78, 5) is 6.56. The van der Waals surface area contributed by atoms with E-state index in [1.807, 2.05) is 18.8 Å². The van der Waals surface area contributed by atoms with Gasteiger partial charge in [0.1, 0.15) is 0 Å². The zero-order valence-electron chi connectivity index (χ0n) is 13.3. The fourth-order valence-corrected chi connectivity index (χ4v) is 3.19. The van der Waals surface area contributed by atoms with E-state index in [9.17, 15) is 0 Å². The predicted octanol–water partition coefficient (Wildman–Crippen LogP) is 1.01. The average molecular weight is 302 g/mol. The van der Waals surface area contributed by atoms with Crippen molar-refractivity contribution in [3.05, 3.63) is 0 Å². The van der Waals surface area contributed by atoms with Gasteiger partial charge in [0.15, 0.2) is 5.96 Å². The van der Waals surface area contributed by atoms with E-state index >= 15 is 0 Å². The van der Waals surface area contributed by atoms with Crippen molar-refractivity contribution >= 4 is 17.7 Å². The lowest BCUT2D eigenvalue weighted by Gasteiger charge is -2.20. The zero-order chi connectivity index (χ0) is 14.8. The number of rotatable bonds is 8. The lowest BCUT2D eigenvalue weighted by Crippen LogP contribution is -2.45. The lowest BCUT2D eigenvalue weighted by molar-refractivity contribution is 0.162. The third kappa shape index (κ3) is 6.81. The van der Waals surface area contributed by atoms with Crippen molar-refractivity contribution in [3.63, 3.8) is 0 Å². The fourth-order valence-electron chi connectivity index (χ4n) is 2.40. The molecule has 0 radical (unpaired) electrons. The molecule has 20 heavy (non-hydrogen) atoms. The average Bonchev–Trinajstić information content (AvgIpc) is 2.91. The summed E-state index contributed by atoms with van der Waals surface area (Å²) in [6.45, 7) is 3.63. The highest BCUT2D eigenvalue weighted by Crippen LogP contribution is 2.27. The van der Waals surface area contributed by atoms with E-state index in [0.29, 0.717) is 6.04 Å². The largest absolute Gasteiger partial charge is 0.383 e. The molecule has 1 aliphatic rings. The maximum Gasteiger partial charge on any atom is 0.191 e. The molecule has 0 heterocycles. The molecule has 0 aromatic carbocycles. The van der Waals surface area contributed by atoms with Crippen LogP contribution in [0.2, 0.25) is 0 Å². The Bertz CT molecular complexity index is 288. The van der Waals surface area contributed by atoms with Gasteiger partial charge in [-0.3, -0.25) is 4.99 Å². The highest BCUT2D eigenvalue weighted by Gasteiger charge is 2.24. The molecule has 5 nitrogen and oxygen atoms in total. The number of methoxy groups -OCH3 is 1. The molecule has 0 spiro atoms. The third-order valence-corrected chi connectivity index (χ3v) is 4.84.